The standard InChI is InChI=1S/C31H42N4O/c1-21(2)30-27-18-24(6-7-28(27)33-31(30)25-8-13-32-29(19-25)36-3)23-9-16-35(17-10-23)26-11-14-34(15-12-26)20-22-4-5-22/h6-8,13,18-19,21-23,26,33H,4-5,9-12,14-17,20H2,1-3H3. The van der Waals surface area contributed by atoms with E-state index in [0.29, 0.717) is 17.7 Å². The summed E-state index contributed by atoms with van der Waals surface area (Å²) < 4.78 is 5.39. The van der Waals surface area contributed by atoms with Crippen LogP contribution in [-0.4, -0.2) is 65.6 Å². The zero-order chi connectivity index (χ0) is 24.6. The Bertz CT molecular complexity index is 1180. The van der Waals surface area contributed by atoms with Gasteiger partial charge in [-0.25, -0.2) is 4.98 Å². The van der Waals surface area contributed by atoms with Crippen molar-refractivity contribution in [3.63, 3.8) is 0 Å². The van der Waals surface area contributed by atoms with E-state index in [2.05, 4.69) is 57.9 Å². The van der Waals surface area contributed by atoms with Crippen LogP contribution >= 0.6 is 0 Å². The maximum Gasteiger partial charge on any atom is 0.213 e. The Morgan fingerprint density at radius 2 is 1.75 bits per heavy atom. The second-order valence-corrected chi connectivity index (χ2v) is 11.7. The lowest BCUT2D eigenvalue weighted by atomic mass is 9.86. The van der Waals surface area contributed by atoms with Gasteiger partial charge in [0.15, 0.2) is 0 Å². The maximum absolute atomic E-state index is 5.39. The first-order chi connectivity index (χ1) is 17.6. The van der Waals surface area contributed by atoms with Crippen LogP contribution in [-0.2, 0) is 0 Å². The molecule has 1 aliphatic carbocycles. The van der Waals surface area contributed by atoms with E-state index in [1.54, 1.807) is 7.11 Å². The van der Waals surface area contributed by atoms with Crippen molar-refractivity contribution in [1.29, 1.82) is 0 Å². The van der Waals surface area contributed by atoms with E-state index < -0.39 is 0 Å². The highest BCUT2D eigenvalue weighted by Gasteiger charge is 2.31. The largest absolute Gasteiger partial charge is 0.481 e. The molecule has 1 aromatic carbocycles. The number of pyridine rings is 1. The summed E-state index contributed by atoms with van der Waals surface area (Å²) >= 11 is 0. The molecule has 0 radical (unpaired) electrons. The molecule has 192 valence electrons. The predicted octanol–water partition coefficient (Wildman–Crippen LogP) is 6.42. The molecule has 6 rings (SSSR count). The average Bonchev–Trinajstić information content (AvgIpc) is 3.64. The van der Waals surface area contributed by atoms with Crippen LogP contribution in [0.15, 0.2) is 36.5 Å². The summed E-state index contributed by atoms with van der Waals surface area (Å²) in [5.74, 6) is 2.77. The lowest BCUT2D eigenvalue weighted by Crippen LogP contribution is -2.47. The highest BCUT2D eigenvalue weighted by molar-refractivity contribution is 5.92. The Morgan fingerprint density at radius 1 is 0.972 bits per heavy atom. The van der Waals surface area contributed by atoms with Gasteiger partial charge in [0.1, 0.15) is 0 Å². The molecule has 2 aliphatic heterocycles. The predicted molar refractivity (Wildman–Crippen MR) is 148 cm³/mol. The highest BCUT2D eigenvalue weighted by atomic mass is 16.5. The number of ether oxygens (including phenoxy) is 1. The van der Waals surface area contributed by atoms with Gasteiger partial charge in [-0.05, 0) is 112 Å². The zero-order valence-corrected chi connectivity index (χ0v) is 22.3. The van der Waals surface area contributed by atoms with Crippen LogP contribution in [0, 0.1) is 5.92 Å². The maximum atomic E-state index is 5.39. The number of nitrogens with one attached hydrogen (secondary N) is 1. The van der Waals surface area contributed by atoms with Crippen molar-refractivity contribution in [1.82, 2.24) is 19.8 Å². The number of likely N-dealkylation sites (tertiary alicyclic amines) is 2. The number of hydrogen-bond donors (Lipinski definition) is 1. The van der Waals surface area contributed by atoms with E-state index in [1.165, 1.54) is 99.0 Å². The van der Waals surface area contributed by atoms with E-state index in [4.69, 9.17) is 4.74 Å². The molecular formula is C31H42N4O. The van der Waals surface area contributed by atoms with E-state index in [9.17, 15) is 0 Å². The van der Waals surface area contributed by atoms with Gasteiger partial charge in [-0.1, -0.05) is 19.9 Å². The number of piperidine rings is 2. The molecule has 5 heteroatoms. The molecule has 0 bridgehead atoms. The summed E-state index contributed by atoms with van der Waals surface area (Å²) in [6.07, 6.45) is 10.1. The molecule has 0 atom stereocenters. The van der Waals surface area contributed by atoms with Crippen LogP contribution in [0.1, 0.15) is 75.3 Å². The second-order valence-electron chi connectivity index (χ2n) is 11.7. The van der Waals surface area contributed by atoms with Crippen LogP contribution in [0.4, 0.5) is 0 Å². The van der Waals surface area contributed by atoms with Crippen LogP contribution in [0.25, 0.3) is 22.2 Å². The molecule has 3 aromatic rings. The lowest BCUT2D eigenvalue weighted by Gasteiger charge is -2.42. The molecular weight excluding hydrogens is 444 g/mol. The number of aromatic amines is 1. The minimum Gasteiger partial charge on any atom is -0.481 e. The Kier molecular flexibility index (Phi) is 6.78. The van der Waals surface area contributed by atoms with Crippen molar-refractivity contribution >= 4 is 10.9 Å². The first-order valence-electron chi connectivity index (χ1n) is 14.2. The van der Waals surface area contributed by atoms with Gasteiger partial charge in [-0.15, -0.1) is 0 Å². The normalized spacial score (nSPS) is 21.0. The molecule has 1 saturated carbocycles. The zero-order valence-electron chi connectivity index (χ0n) is 22.3. The first-order valence-corrected chi connectivity index (χ1v) is 14.2. The van der Waals surface area contributed by atoms with Gasteiger partial charge in [-0.3, -0.25) is 0 Å². The molecule has 1 N–H and O–H groups in total. The van der Waals surface area contributed by atoms with E-state index in [1.807, 2.05) is 12.3 Å². The van der Waals surface area contributed by atoms with Crippen LogP contribution in [0.2, 0.25) is 0 Å². The number of nitrogens with zero attached hydrogens (tertiary/aromatic N) is 3. The third-order valence-electron chi connectivity index (χ3n) is 8.96. The molecule has 36 heavy (non-hydrogen) atoms. The minimum absolute atomic E-state index is 0.427. The van der Waals surface area contributed by atoms with E-state index in [-0.39, 0.29) is 0 Å². The molecule has 3 aliphatic rings. The van der Waals surface area contributed by atoms with Crippen molar-refractivity contribution in [2.75, 3.05) is 39.8 Å². The number of benzene rings is 1. The first kappa shape index (κ1) is 24.0. The Labute approximate surface area is 216 Å². The summed E-state index contributed by atoms with van der Waals surface area (Å²) in [6, 6.07) is 12.1. The fourth-order valence-corrected chi connectivity index (χ4v) is 6.72. The van der Waals surface area contributed by atoms with Crippen molar-refractivity contribution in [3.05, 3.63) is 47.7 Å². The molecule has 3 fully saturated rings. The number of H-pyrrole nitrogens is 1. The summed E-state index contributed by atoms with van der Waals surface area (Å²) in [5, 5.41) is 1.37. The molecule has 5 nitrogen and oxygen atoms in total. The lowest BCUT2D eigenvalue weighted by molar-refractivity contribution is 0.0856. The number of rotatable bonds is 7. The third kappa shape index (κ3) is 4.92. The van der Waals surface area contributed by atoms with Gasteiger partial charge in [0, 0.05) is 41.3 Å². The molecule has 2 saturated heterocycles. The van der Waals surface area contributed by atoms with Crippen LogP contribution < -0.4 is 4.74 Å². The summed E-state index contributed by atoms with van der Waals surface area (Å²) in [4.78, 5) is 13.6. The molecule has 2 aromatic heterocycles. The number of fused-ring (bicyclic) bond motifs is 1. The van der Waals surface area contributed by atoms with Gasteiger partial charge in [-0.2, -0.15) is 0 Å². The quantitative estimate of drug-likeness (QED) is 0.419. The molecule has 0 unspecified atom stereocenters. The van der Waals surface area contributed by atoms with Gasteiger partial charge >= 0.3 is 0 Å². The second kappa shape index (κ2) is 10.2. The van der Waals surface area contributed by atoms with Gasteiger partial charge < -0.3 is 19.5 Å². The fourth-order valence-electron chi connectivity index (χ4n) is 6.72. The van der Waals surface area contributed by atoms with Gasteiger partial charge in [0.05, 0.1) is 12.8 Å². The summed E-state index contributed by atoms with van der Waals surface area (Å²) in [5.41, 5.74) is 6.47. The van der Waals surface area contributed by atoms with Crippen molar-refractivity contribution in [3.8, 4) is 17.1 Å². The molecule has 0 amide bonds. The average molecular weight is 487 g/mol. The monoisotopic (exact) mass is 486 g/mol. The fraction of sp³-hybridized carbons (Fsp3) is 0.581. The van der Waals surface area contributed by atoms with Crippen molar-refractivity contribution in [2.45, 2.75) is 70.3 Å². The van der Waals surface area contributed by atoms with Crippen molar-refractivity contribution < 1.29 is 4.74 Å². The van der Waals surface area contributed by atoms with E-state index >= 15 is 0 Å². The topological polar surface area (TPSA) is 44.4 Å². The Hall–Kier alpha value is -2.37. The Morgan fingerprint density at radius 3 is 2.44 bits per heavy atom. The van der Waals surface area contributed by atoms with Crippen molar-refractivity contribution in [2.24, 2.45) is 5.92 Å². The third-order valence-corrected chi connectivity index (χ3v) is 8.96. The smallest absolute Gasteiger partial charge is 0.213 e. The Balaban J connectivity index is 1.16. The number of methoxy groups -OCH3 is 1. The highest BCUT2D eigenvalue weighted by Crippen LogP contribution is 2.39. The van der Waals surface area contributed by atoms with E-state index in [0.717, 1.165) is 17.5 Å². The van der Waals surface area contributed by atoms with Crippen LogP contribution in [0.5, 0.6) is 5.88 Å². The van der Waals surface area contributed by atoms with Gasteiger partial charge in [0.25, 0.3) is 0 Å². The number of aromatic nitrogens is 2. The SMILES string of the molecule is COc1cc(-c2[nH]c3ccc(C4CCN(C5CCN(CC6CC6)CC5)CC4)cc3c2C(C)C)ccn1. The summed E-state index contributed by atoms with van der Waals surface area (Å²) in [6.45, 7) is 11.1. The van der Waals surface area contributed by atoms with Crippen LogP contribution in [0.3, 0.4) is 0 Å². The molecule has 4 heterocycles. The van der Waals surface area contributed by atoms with Gasteiger partial charge in [0.2, 0.25) is 5.88 Å². The minimum atomic E-state index is 0.427. The summed E-state index contributed by atoms with van der Waals surface area (Å²) in [7, 11) is 1.68. The molecule has 0 spiro atoms. The number of hydrogen-bond acceptors (Lipinski definition) is 4.